The molecular weight excluding hydrogens is 313 g/mol. The first kappa shape index (κ1) is 14.6. The fraction of sp³-hybridized carbons (Fsp3) is 0.235. The molecule has 0 aliphatic carbocycles. The maximum Gasteiger partial charge on any atom is 0.358 e. The first-order valence-electron chi connectivity index (χ1n) is 7.64. The molecule has 1 amide bonds. The molecular formula is C17H14FN3O3. The maximum atomic E-state index is 14.3. The molecule has 2 aliphatic heterocycles. The summed E-state index contributed by atoms with van der Waals surface area (Å²) in [4.78, 5) is 30.7. The van der Waals surface area contributed by atoms with Gasteiger partial charge in [0.1, 0.15) is 12.1 Å². The Bertz CT molecular complexity index is 887. The van der Waals surface area contributed by atoms with E-state index in [-0.39, 0.29) is 17.9 Å². The summed E-state index contributed by atoms with van der Waals surface area (Å²) in [5.74, 6) is -1.56. The van der Waals surface area contributed by atoms with Crippen LogP contribution in [-0.2, 0) is 4.74 Å². The van der Waals surface area contributed by atoms with Crippen LogP contribution in [0.5, 0.6) is 0 Å². The Hall–Kier alpha value is -2.96. The summed E-state index contributed by atoms with van der Waals surface area (Å²) in [5.41, 5.74) is 1.02. The van der Waals surface area contributed by atoms with Gasteiger partial charge in [0, 0.05) is 6.54 Å². The Morgan fingerprint density at radius 3 is 3.08 bits per heavy atom. The van der Waals surface area contributed by atoms with Crippen LogP contribution in [0.25, 0.3) is 5.69 Å². The Morgan fingerprint density at radius 2 is 2.29 bits per heavy atom. The second kappa shape index (κ2) is 5.30. The van der Waals surface area contributed by atoms with Crippen molar-refractivity contribution in [2.24, 2.45) is 0 Å². The van der Waals surface area contributed by atoms with E-state index in [0.717, 1.165) is 0 Å². The van der Waals surface area contributed by atoms with Gasteiger partial charge in [-0.25, -0.2) is 14.2 Å². The number of carbonyl (C=O) groups is 2. The van der Waals surface area contributed by atoms with Gasteiger partial charge in [-0.05, 0) is 19.1 Å². The van der Waals surface area contributed by atoms with E-state index >= 15 is 0 Å². The fourth-order valence-electron chi connectivity index (χ4n) is 3.23. The van der Waals surface area contributed by atoms with Crippen molar-refractivity contribution < 1.29 is 18.7 Å². The molecule has 4 rings (SSSR count). The van der Waals surface area contributed by atoms with Crippen LogP contribution < -0.4 is 0 Å². The molecule has 0 unspecified atom stereocenters. The molecule has 3 heterocycles. The van der Waals surface area contributed by atoms with Crippen molar-refractivity contribution in [2.45, 2.75) is 13.0 Å². The molecule has 0 fully saturated rings. The summed E-state index contributed by atoms with van der Waals surface area (Å²) in [5, 5.41) is 0. The molecule has 2 aliphatic rings. The van der Waals surface area contributed by atoms with Crippen molar-refractivity contribution in [1.29, 1.82) is 0 Å². The van der Waals surface area contributed by atoms with Crippen molar-refractivity contribution in [3.05, 3.63) is 59.4 Å². The van der Waals surface area contributed by atoms with Crippen molar-refractivity contribution >= 4 is 11.9 Å². The largest absolute Gasteiger partial charge is 0.461 e. The predicted molar refractivity (Wildman–Crippen MR) is 82.4 cm³/mol. The predicted octanol–water partition coefficient (Wildman–Crippen LogP) is 2.25. The summed E-state index contributed by atoms with van der Waals surface area (Å²) in [7, 11) is 0. The maximum absolute atomic E-state index is 14.3. The zero-order valence-corrected chi connectivity index (χ0v) is 12.9. The Kier molecular flexibility index (Phi) is 3.23. The van der Waals surface area contributed by atoms with Gasteiger partial charge < -0.3 is 9.64 Å². The number of halogens is 1. The number of hydrogen-bond acceptors (Lipinski definition) is 4. The Morgan fingerprint density at radius 1 is 1.46 bits per heavy atom. The minimum atomic E-state index is -0.595. The van der Waals surface area contributed by atoms with Gasteiger partial charge >= 0.3 is 5.97 Å². The highest BCUT2D eigenvalue weighted by Gasteiger charge is 2.39. The van der Waals surface area contributed by atoms with Gasteiger partial charge in [-0.1, -0.05) is 18.2 Å². The number of carbonyl (C=O) groups excluding carboxylic acids is 2. The van der Waals surface area contributed by atoms with Crippen LogP contribution in [0.1, 0.15) is 39.5 Å². The number of fused-ring (bicyclic) bond motifs is 5. The quantitative estimate of drug-likeness (QED) is 0.627. The summed E-state index contributed by atoms with van der Waals surface area (Å²) >= 11 is 0. The zero-order chi connectivity index (χ0) is 16.8. The van der Waals surface area contributed by atoms with E-state index < -0.39 is 23.7 Å². The molecule has 7 heteroatoms. The van der Waals surface area contributed by atoms with Crippen LogP contribution in [0, 0.1) is 5.82 Å². The van der Waals surface area contributed by atoms with Crippen molar-refractivity contribution in [3.63, 3.8) is 0 Å². The van der Waals surface area contributed by atoms with E-state index in [1.807, 2.05) is 12.2 Å². The molecule has 2 aromatic rings. The lowest BCUT2D eigenvalue weighted by atomic mass is 10.1. The van der Waals surface area contributed by atoms with Crippen LogP contribution >= 0.6 is 0 Å². The summed E-state index contributed by atoms with van der Waals surface area (Å²) < 4.78 is 21.0. The third kappa shape index (κ3) is 1.90. The Balaban J connectivity index is 2.00. The average molecular weight is 327 g/mol. The molecule has 0 spiro atoms. The van der Waals surface area contributed by atoms with E-state index in [2.05, 4.69) is 4.98 Å². The molecule has 6 nitrogen and oxygen atoms in total. The molecule has 24 heavy (non-hydrogen) atoms. The SMILES string of the molecule is CCOC(=O)c1ncn2c1[C@@H]1C=CCN1C(=O)c1c(F)cccc1-2. The van der Waals surface area contributed by atoms with Gasteiger partial charge in [-0.2, -0.15) is 0 Å². The molecule has 0 bridgehead atoms. The minimum absolute atomic E-state index is 0.0160. The van der Waals surface area contributed by atoms with Crippen LogP contribution in [0.15, 0.2) is 36.7 Å². The molecule has 1 atom stereocenters. The van der Waals surface area contributed by atoms with E-state index in [1.165, 1.54) is 23.4 Å². The highest BCUT2D eigenvalue weighted by atomic mass is 19.1. The summed E-state index contributed by atoms with van der Waals surface area (Å²) in [6, 6.07) is 3.94. The average Bonchev–Trinajstić information content (AvgIpc) is 3.18. The lowest BCUT2D eigenvalue weighted by molar-refractivity contribution is 0.0514. The second-order valence-electron chi connectivity index (χ2n) is 5.53. The van der Waals surface area contributed by atoms with Crippen molar-refractivity contribution in [1.82, 2.24) is 14.5 Å². The van der Waals surface area contributed by atoms with Crippen LogP contribution in [0.4, 0.5) is 4.39 Å². The molecule has 0 saturated carbocycles. The normalized spacial score (nSPS) is 18.0. The number of aromatic nitrogens is 2. The van der Waals surface area contributed by atoms with Gasteiger partial charge in [0.15, 0.2) is 5.69 Å². The third-order valence-corrected chi connectivity index (χ3v) is 4.24. The lowest BCUT2D eigenvalue weighted by Crippen LogP contribution is -2.31. The number of hydrogen-bond donors (Lipinski definition) is 0. The second-order valence-corrected chi connectivity index (χ2v) is 5.53. The monoisotopic (exact) mass is 327 g/mol. The number of amides is 1. The van der Waals surface area contributed by atoms with E-state index in [0.29, 0.717) is 17.9 Å². The number of rotatable bonds is 2. The van der Waals surface area contributed by atoms with Gasteiger partial charge in [0.2, 0.25) is 0 Å². The Labute approximate surface area is 137 Å². The molecule has 0 saturated heterocycles. The van der Waals surface area contributed by atoms with Crippen LogP contribution in [-0.4, -0.2) is 39.5 Å². The number of esters is 1. The highest BCUT2D eigenvalue weighted by molar-refractivity contribution is 6.00. The number of nitrogens with zero attached hydrogens (tertiary/aromatic N) is 3. The molecule has 0 radical (unpaired) electrons. The van der Waals surface area contributed by atoms with Crippen molar-refractivity contribution in [2.75, 3.05) is 13.2 Å². The topological polar surface area (TPSA) is 64.4 Å². The highest BCUT2D eigenvalue weighted by Crippen LogP contribution is 2.37. The lowest BCUT2D eigenvalue weighted by Gasteiger charge is -2.22. The van der Waals surface area contributed by atoms with Gasteiger partial charge in [0.05, 0.1) is 29.6 Å². The van der Waals surface area contributed by atoms with E-state index in [1.54, 1.807) is 17.6 Å². The van der Waals surface area contributed by atoms with Crippen LogP contribution in [0.2, 0.25) is 0 Å². The van der Waals surface area contributed by atoms with Gasteiger partial charge in [-0.15, -0.1) is 0 Å². The molecule has 122 valence electrons. The molecule has 0 N–H and O–H groups in total. The van der Waals surface area contributed by atoms with Gasteiger partial charge in [0.25, 0.3) is 5.91 Å². The smallest absolute Gasteiger partial charge is 0.358 e. The standard InChI is InChI=1S/C17H14FN3O3/c1-2-24-17(23)14-15-12-7-4-8-20(12)16(22)13-10(18)5-3-6-11(13)21(15)9-19-14/h3-7,9,12H,2,8H2,1H3/t12-/m0/s1. The first-order valence-corrected chi connectivity index (χ1v) is 7.64. The summed E-state index contributed by atoms with van der Waals surface area (Å²) in [6.45, 7) is 2.28. The first-order chi connectivity index (χ1) is 11.6. The van der Waals surface area contributed by atoms with Gasteiger partial charge in [-0.3, -0.25) is 9.36 Å². The number of ether oxygens (including phenoxy) is 1. The van der Waals surface area contributed by atoms with Crippen molar-refractivity contribution in [3.8, 4) is 5.69 Å². The number of benzene rings is 1. The third-order valence-electron chi connectivity index (χ3n) is 4.24. The number of imidazole rings is 1. The molecule has 1 aromatic carbocycles. The van der Waals surface area contributed by atoms with Crippen LogP contribution in [0.3, 0.4) is 0 Å². The van der Waals surface area contributed by atoms with E-state index in [9.17, 15) is 14.0 Å². The molecule has 1 aromatic heterocycles. The fourth-order valence-corrected chi connectivity index (χ4v) is 3.23. The summed E-state index contributed by atoms with van der Waals surface area (Å²) in [6.07, 6.45) is 5.07. The van der Waals surface area contributed by atoms with E-state index in [4.69, 9.17) is 4.74 Å². The minimum Gasteiger partial charge on any atom is -0.461 e. The zero-order valence-electron chi connectivity index (χ0n) is 12.9.